The van der Waals surface area contributed by atoms with E-state index in [0.717, 1.165) is 15.5 Å². The monoisotopic (exact) mass is 358 g/mol. The summed E-state index contributed by atoms with van der Waals surface area (Å²) >= 11 is 1.48. The molecule has 2 aromatic rings. The highest BCUT2D eigenvalue weighted by atomic mass is 32.1. The predicted molar refractivity (Wildman–Crippen MR) is 85.7 cm³/mol. The molecular formula is C16H17F3N2O2S. The van der Waals surface area contributed by atoms with Gasteiger partial charge < -0.3 is 9.88 Å². The van der Waals surface area contributed by atoms with Crippen LogP contribution in [0.5, 0.6) is 0 Å². The van der Waals surface area contributed by atoms with Crippen LogP contribution in [0.25, 0.3) is 0 Å². The lowest BCUT2D eigenvalue weighted by Gasteiger charge is -2.21. The average molecular weight is 358 g/mol. The number of nitrogens with zero attached hydrogens (tertiary/aromatic N) is 1. The summed E-state index contributed by atoms with van der Waals surface area (Å²) in [7, 11) is 0. The molecule has 4 nitrogen and oxygen atoms in total. The molecule has 0 saturated heterocycles. The Balaban J connectivity index is 2.16. The van der Waals surface area contributed by atoms with Crippen LogP contribution in [0.2, 0.25) is 0 Å². The summed E-state index contributed by atoms with van der Waals surface area (Å²) in [6, 6.07) is 5.01. The maximum Gasteiger partial charge on any atom is 0.417 e. The average Bonchev–Trinajstić information content (AvgIpc) is 2.99. The number of aromatic nitrogens is 1. The van der Waals surface area contributed by atoms with E-state index >= 15 is 0 Å². The molecule has 2 heterocycles. The van der Waals surface area contributed by atoms with Crippen molar-refractivity contribution in [2.24, 2.45) is 5.92 Å². The van der Waals surface area contributed by atoms with Crippen LogP contribution in [0.3, 0.4) is 0 Å². The lowest BCUT2D eigenvalue weighted by molar-refractivity contribution is -0.138. The van der Waals surface area contributed by atoms with Crippen molar-refractivity contribution in [3.05, 3.63) is 56.6 Å². The van der Waals surface area contributed by atoms with Gasteiger partial charge in [0.15, 0.2) is 0 Å². The minimum absolute atomic E-state index is 0.103. The van der Waals surface area contributed by atoms with Gasteiger partial charge in [0, 0.05) is 17.1 Å². The highest BCUT2D eigenvalue weighted by Gasteiger charge is 2.31. The Hall–Kier alpha value is -2.09. The summed E-state index contributed by atoms with van der Waals surface area (Å²) in [4.78, 5) is 24.8. The number of carbonyl (C=O) groups excluding carboxylic acids is 1. The SMILES string of the molecule is CC(C)C(NC(=O)Cn1cc(C(F)(F)F)ccc1=O)c1cccs1. The van der Waals surface area contributed by atoms with Crippen LogP contribution in [-0.2, 0) is 17.5 Å². The van der Waals surface area contributed by atoms with Gasteiger partial charge in [-0.3, -0.25) is 9.59 Å². The zero-order valence-electron chi connectivity index (χ0n) is 13.1. The van der Waals surface area contributed by atoms with Gasteiger partial charge in [-0.25, -0.2) is 0 Å². The maximum atomic E-state index is 12.7. The van der Waals surface area contributed by atoms with Crippen LogP contribution < -0.4 is 10.9 Å². The number of hydrogen-bond acceptors (Lipinski definition) is 3. The van der Waals surface area contributed by atoms with E-state index in [1.165, 1.54) is 11.3 Å². The van der Waals surface area contributed by atoms with Gasteiger partial charge >= 0.3 is 6.18 Å². The fourth-order valence-corrected chi connectivity index (χ4v) is 3.18. The van der Waals surface area contributed by atoms with Crippen LogP contribution in [-0.4, -0.2) is 10.5 Å². The molecule has 8 heteroatoms. The maximum absolute atomic E-state index is 12.7. The van der Waals surface area contributed by atoms with Gasteiger partial charge in [0.05, 0.1) is 11.6 Å². The summed E-state index contributed by atoms with van der Waals surface area (Å²) in [5.41, 5.74) is -1.62. The molecule has 1 amide bonds. The number of pyridine rings is 1. The minimum Gasteiger partial charge on any atom is -0.347 e. The Kier molecular flexibility index (Phi) is 5.48. The van der Waals surface area contributed by atoms with Crippen molar-refractivity contribution in [1.29, 1.82) is 0 Å². The van der Waals surface area contributed by atoms with Gasteiger partial charge in [-0.1, -0.05) is 19.9 Å². The first-order chi connectivity index (χ1) is 11.2. The number of amides is 1. The molecule has 0 saturated carbocycles. The number of hydrogen-bond donors (Lipinski definition) is 1. The lowest BCUT2D eigenvalue weighted by atomic mass is 10.0. The summed E-state index contributed by atoms with van der Waals surface area (Å²) in [6.45, 7) is 3.40. The van der Waals surface area contributed by atoms with Crippen LogP contribution in [0, 0.1) is 5.92 Å². The number of alkyl halides is 3. The lowest BCUT2D eigenvalue weighted by Crippen LogP contribution is -2.36. The second-order valence-corrected chi connectivity index (χ2v) is 6.67. The molecule has 1 N–H and O–H groups in total. The van der Waals surface area contributed by atoms with Crippen LogP contribution in [0.15, 0.2) is 40.6 Å². The Labute approximate surface area is 140 Å². The third-order valence-corrected chi connectivity index (χ3v) is 4.41. The van der Waals surface area contributed by atoms with Gasteiger partial charge in [0.25, 0.3) is 5.56 Å². The van der Waals surface area contributed by atoms with Gasteiger partial charge in [-0.05, 0) is 23.4 Å². The largest absolute Gasteiger partial charge is 0.417 e. The first-order valence-corrected chi connectivity index (χ1v) is 8.17. The Morgan fingerprint density at radius 3 is 2.54 bits per heavy atom. The van der Waals surface area contributed by atoms with E-state index in [4.69, 9.17) is 0 Å². The first kappa shape index (κ1) is 18.3. The molecule has 0 bridgehead atoms. The molecule has 0 aromatic carbocycles. The smallest absolute Gasteiger partial charge is 0.347 e. The molecule has 0 aliphatic carbocycles. The van der Waals surface area contributed by atoms with E-state index in [0.29, 0.717) is 12.3 Å². The van der Waals surface area contributed by atoms with Gasteiger partial charge in [0.2, 0.25) is 5.91 Å². The van der Waals surface area contributed by atoms with E-state index < -0.39 is 29.8 Å². The fourth-order valence-electron chi connectivity index (χ4n) is 2.23. The number of nitrogens with one attached hydrogen (secondary N) is 1. The second kappa shape index (κ2) is 7.21. The predicted octanol–water partition coefficient (Wildman–Crippen LogP) is 3.44. The number of rotatable bonds is 5. The highest BCUT2D eigenvalue weighted by Crippen LogP contribution is 2.28. The third kappa shape index (κ3) is 4.47. The van der Waals surface area contributed by atoms with Crippen LogP contribution in [0.4, 0.5) is 13.2 Å². The first-order valence-electron chi connectivity index (χ1n) is 7.29. The molecule has 1 unspecified atom stereocenters. The van der Waals surface area contributed by atoms with Crippen molar-refractivity contribution in [2.45, 2.75) is 32.6 Å². The summed E-state index contributed by atoms with van der Waals surface area (Å²) < 4.78 is 38.9. The zero-order chi connectivity index (χ0) is 17.9. The standard InChI is InChI=1S/C16H17F3N2O2S/c1-10(2)15(12-4-3-7-24-12)20-13(22)9-21-8-11(16(17,18)19)5-6-14(21)23/h3-8,10,15H,9H2,1-2H3,(H,20,22). The summed E-state index contributed by atoms with van der Waals surface area (Å²) in [5, 5.41) is 4.67. The van der Waals surface area contributed by atoms with Crippen molar-refractivity contribution in [2.75, 3.05) is 0 Å². The highest BCUT2D eigenvalue weighted by molar-refractivity contribution is 7.10. The molecule has 130 valence electrons. The van der Waals surface area contributed by atoms with Crippen molar-refractivity contribution in [3.8, 4) is 0 Å². The molecule has 24 heavy (non-hydrogen) atoms. The molecule has 0 aliphatic heterocycles. The van der Waals surface area contributed by atoms with E-state index in [1.54, 1.807) is 0 Å². The fraction of sp³-hybridized carbons (Fsp3) is 0.375. The second-order valence-electron chi connectivity index (χ2n) is 5.69. The van der Waals surface area contributed by atoms with E-state index in [-0.39, 0.29) is 12.0 Å². The van der Waals surface area contributed by atoms with E-state index in [1.807, 2.05) is 31.4 Å². The number of carbonyl (C=O) groups is 1. The third-order valence-electron chi connectivity index (χ3n) is 3.46. The molecule has 2 aromatic heterocycles. The van der Waals surface area contributed by atoms with E-state index in [9.17, 15) is 22.8 Å². The molecule has 2 rings (SSSR count). The van der Waals surface area contributed by atoms with Crippen molar-refractivity contribution >= 4 is 17.2 Å². The van der Waals surface area contributed by atoms with E-state index in [2.05, 4.69) is 5.32 Å². The molecule has 0 radical (unpaired) electrons. The molecular weight excluding hydrogens is 341 g/mol. The minimum atomic E-state index is -4.57. The summed E-state index contributed by atoms with van der Waals surface area (Å²) in [6.07, 6.45) is -3.90. The van der Waals surface area contributed by atoms with Crippen molar-refractivity contribution in [3.63, 3.8) is 0 Å². The Morgan fingerprint density at radius 2 is 2.00 bits per heavy atom. The van der Waals surface area contributed by atoms with Crippen LogP contribution in [0.1, 0.15) is 30.3 Å². The quantitative estimate of drug-likeness (QED) is 0.890. The number of thiophene rings is 1. The van der Waals surface area contributed by atoms with Crippen molar-refractivity contribution < 1.29 is 18.0 Å². The summed E-state index contributed by atoms with van der Waals surface area (Å²) in [5.74, 6) is -0.408. The molecule has 0 aliphatic rings. The van der Waals surface area contributed by atoms with Crippen LogP contribution >= 0.6 is 11.3 Å². The Bertz CT molecular complexity index is 751. The van der Waals surface area contributed by atoms with Crippen molar-refractivity contribution in [1.82, 2.24) is 9.88 Å². The van der Waals surface area contributed by atoms with Gasteiger partial charge in [-0.2, -0.15) is 13.2 Å². The molecule has 0 fully saturated rings. The topological polar surface area (TPSA) is 51.1 Å². The number of halogens is 3. The van der Waals surface area contributed by atoms with Gasteiger partial charge in [0.1, 0.15) is 6.54 Å². The Morgan fingerprint density at radius 1 is 1.29 bits per heavy atom. The normalized spacial score (nSPS) is 13.1. The molecule has 1 atom stereocenters. The molecule has 0 spiro atoms. The zero-order valence-corrected chi connectivity index (χ0v) is 13.9. The van der Waals surface area contributed by atoms with Gasteiger partial charge in [-0.15, -0.1) is 11.3 Å².